The molecular formula is C19H25N5O2. The number of nitriles is 1. The molecule has 0 bridgehead atoms. The van der Waals surface area contributed by atoms with E-state index in [1.54, 1.807) is 10.7 Å². The summed E-state index contributed by atoms with van der Waals surface area (Å²) >= 11 is 0. The molecule has 1 amide bonds. The van der Waals surface area contributed by atoms with Crippen molar-refractivity contribution in [1.82, 2.24) is 14.9 Å². The van der Waals surface area contributed by atoms with Gasteiger partial charge in [0.2, 0.25) is 0 Å². The van der Waals surface area contributed by atoms with Crippen molar-refractivity contribution in [1.29, 1.82) is 5.26 Å². The lowest BCUT2D eigenvalue weighted by atomic mass is 9.90. The van der Waals surface area contributed by atoms with Crippen LogP contribution in [0.2, 0.25) is 0 Å². The number of hydrogen-bond acceptors (Lipinski definition) is 5. The highest BCUT2D eigenvalue weighted by Crippen LogP contribution is 2.27. The molecule has 1 fully saturated rings. The molecule has 0 spiro atoms. The molecule has 0 aliphatic heterocycles. The van der Waals surface area contributed by atoms with Crippen molar-refractivity contribution in [2.75, 3.05) is 5.32 Å². The molecule has 2 aromatic rings. The molecule has 0 unspecified atom stereocenters. The number of amides is 1. The maximum atomic E-state index is 12.2. The van der Waals surface area contributed by atoms with Crippen LogP contribution in [0.4, 0.5) is 10.5 Å². The monoisotopic (exact) mass is 355 g/mol. The number of rotatable bonds is 3. The highest BCUT2D eigenvalue weighted by molar-refractivity contribution is 5.78. The molecule has 2 aromatic heterocycles. The zero-order valence-corrected chi connectivity index (χ0v) is 15.5. The van der Waals surface area contributed by atoms with Crippen LogP contribution >= 0.6 is 0 Å². The Kier molecular flexibility index (Phi) is 5.03. The molecule has 2 atom stereocenters. The fourth-order valence-corrected chi connectivity index (χ4v) is 3.35. The molecule has 7 heteroatoms. The van der Waals surface area contributed by atoms with E-state index in [4.69, 9.17) is 4.74 Å². The molecule has 7 nitrogen and oxygen atoms in total. The van der Waals surface area contributed by atoms with Gasteiger partial charge in [-0.15, -0.1) is 0 Å². The number of nitrogens with one attached hydrogen (secondary N) is 2. The molecule has 1 aliphatic rings. The average Bonchev–Trinajstić information content (AvgIpc) is 3.04. The fraction of sp³-hybridized carbons (Fsp3) is 0.526. The first-order chi connectivity index (χ1) is 12.4. The van der Waals surface area contributed by atoms with Crippen molar-refractivity contribution < 1.29 is 9.53 Å². The molecule has 0 radical (unpaired) electrons. The number of fused-ring (bicyclic) bond motifs is 1. The summed E-state index contributed by atoms with van der Waals surface area (Å²) < 4.78 is 7.14. The zero-order valence-electron chi connectivity index (χ0n) is 15.5. The number of hydrogen-bond donors (Lipinski definition) is 2. The normalized spacial score (nSPS) is 20.4. The highest BCUT2D eigenvalue weighted by Gasteiger charge is 2.29. The summed E-state index contributed by atoms with van der Waals surface area (Å²) in [7, 11) is 0. The van der Waals surface area contributed by atoms with Crippen LogP contribution in [0.15, 0.2) is 24.5 Å². The van der Waals surface area contributed by atoms with Gasteiger partial charge in [0, 0.05) is 12.2 Å². The fourth-order valence-electron chi connectivity index (χ4n) is 3.35. The minimum Gasteiger partial charge on any atom is -0.444 e. The van der Waals surface area contributed by atoms with Crippen molar-refractivity contribution in [2.24, 2.45) is 0 Å². The Labute approximate surface area is 153 Å². The molecule has 0 saturated heterocycles. The summed E-state index contributed by atoms with van der Waals surface area (Å²) in [6.45, 7) is 5.55. The Balaban J connectivity index is 1.80. The largest absolute Gasteiger partial charge is 0.444 e. The van der Waals surface area contributed by atoms with Gasteiger partial charge in [0.15, 0.2) is 0 Å². The Hall–Kier alpha value is -2.75. The SMILES string of the molecule is CC(C)(C)OC(=O)N[C@@H]1CCCC[C@H]1Nc1c(C#N)cnn2cccc12. The van der Waals surface area contributed by atoms with Gasteiger partial charge in [-0.1, -0.05) is 12.8 Å². The van der Waals surface area contributed by atoms with Crippen LogP contribution in [0.5, 0.6) is 0 Å². The lowest BCUT2D eigenvalue weighted by Crippen LogP contribution is -2.49. The second-order valence-electron chi connectivity index (χ2n) is 7.67. The quantitative estimate of drug-likeness (QED) is 0.880. The van der Waals surface area contributed by atoms with Crippen molar-refractivity contribution in [3.05, 3.63) is 30.1 Å². The predicted octanol–water partition coefficient (Wildman–Crippen LogP) is 3.45. The summed E-state index contributed by atoms with van der Waals surface area (Å²) in [5.41, 5.74) is 1.58. The summed E-state index contributed by atoms with van der Waals surface area (Å²) in [5.74, 6) is 0. The molecule has 138 valence electrons. The van der Waals surface area contributed by atoms with Gasteiger partial charge >= 0.3 is 6.09 Å². The third-order valence-electron chi connectivity index (χ3n) is 4.48. The van der Waals surface area contributed by atoms with Crippen LogP contribution in [-0.2, 0) is 4.74 Å². The van der Waals surface area contributed by atoms with Gasteiger partial charge in [0.05, 0.1) is 29.0 Å². The van der Waals surface area contributed by atoms with Crippen molar-refractivity contribution in [2.45, 2.75) is 64.1 Å². The second kappa shape index (κ2) is 7.24. The number of alkyl carbamates (subject to hydrolysis) is 1. The number of carbonyl (C=O) groups is 1. The van der Waals surface area contributed by atoms with Crippen molar-refractivity contribution >= 4 is 17.3 Å². The Bertz CT molecular complexity index is 831. The topological polar surface area (TPSA) is 91.5 Å². The van der Waals surface area contributed by atoms with E-state index in [9.17, 15) is 10.1 Å². The number of anilines is 1. The first-order valence-electron chi connectivity index (χ1n) is 9.00. The number of carbonyl (C=O) groups excluding carboxylic acids is 1. The highest BCUT2D eigenvalue weighted by atomic mass is 16.6. The number of nitrogens with zero attached hydrogens (tertiary/aromatic N) is 3. The van der Waals surface area contributed by atoms with E-state index in [-0.39, 0.29) is 12.1 Å². The Morgan fingerprint density at radius 1 is 1.35 bits per heavy atom. The third kappa shape index (κ3) is 4.07. The molecule has 3 rings (SSSR count). The number of ether oxygens (including phenoxy) is 1. The third-order valence-corrected chi connectivity index (χ3v) is 4.48. The van der Waals surface area contributed by atoms with Crippen LogP contribution in [-0.4, -0.2) is 33.4 Å². The van der Waals surface area contributed by atoms with Crippen LogP contribution in [0.3, 0.4) is 0 Å². The van der Waals surface area contributed by atoms with Crippen molar-refractivity contribution in [3.8, 4) is 6.07 Å². The summed E-state index contributed by atoms with van der Waals surface area (Å²) in [6, 6.07) is 6.01. The summed E-state index contributed by atoms with van der Waals surface area (Å²) in [5, 5.41) is 20.2. The van der Waals surface area contributed by atoms with Crippen LogP contribution in [0.25, 0.3) is 5.52 Å². The minimum absolute atomic E-state index is 0.0319. The molecule has 2 heterocycles. The average molecular weight is 355 g/mol. The predicted molar refractivity (Wildman–Crippen MR) is 98.9 cm³/mol. The first kappa shape index (κ1) is 18.1. The standard InChI is InChI=1S/C19H25N5O2/c1-19(2,3)26-18(25)23-15-8-5-4-7-14(15)22-17-13(11-20)12-21-24-10-6-9-16(17)24/h6,9-10,12,14-15,22H,4-5,7-8H2,1-3H3,(H,23,25)/t14-,15-/m1/s1. The molecule has 1 aliphatic carbocycles. The second-order valence-corrected chi connectivity index (χ2v) is 7.67. The smallest absolute Gasteiger partial charge is 0.407 e. The Morgan fingerprint density at radius 3 is 2.77 bits per heavy atom. The lowest BCUT2D eigenvalue weighted by molar-refractivity contribution is 0.0488. The van der Waals surface area contributed by atoms with E-state index in [1.165, 1.54) is 0 Å². The summed E-state index contributed by atoms with van der Waals surface area (Å²) in [4.78, 5) is 12.2. The van der Waals surface area contributed by atoms with E-state index in [1.807, 2.05) is 39.1 Å². The Morgan fingerprint density at radius 2 is 2.08 bits per heavy atom. The number of aromatic nitrogens is 2. The molecule has 26 heavy (non-hydrogen) atoms. The molecule has 1 saturated carbocycles. The van der Waals surface area contributed by atoms with Gasteiger partial charge in [-0.25, -0.2) is 9.31 Å². The molecule has 0 aromatic carbocycles. The molecular weight excluding hydrogens is 330 g/mol. The minimum atomic E-state index is -0.529. The van der Waals surface area contributed by atoms with Gasteiger partial charge in [0.25, 0.3) is 0 Å². The van der Waals surface area contributed by atoms with Crippen LogP contribution in [0, 0.1) is 11.3 Å². The zero-order chi connectivity index (χ0) is 18.7. The van der Waals surface area contributed by atoms with E-state index < -0.39 is 11.7 Å². The molecule has 2 N–H and O–H groups in total. The van der Waals surface area contributed by atoms with E-state index >= 15 is 0 Å². The lowest BCUT2D eigenvalue weighted by Gasteiger charge is -2.34. The van der Waals surface area contributed by atoms with Crippen LogP contribution < -0.4 is 10.6 Å². The first-order valence-corrected chi connectivity index (χ1v) is 9.00. The van der Waals surface area contributed by atoms with Crippen LogP contribution in [0.1, 0.15) is 52.0 Å². The van der Waals surface area contributed by atoms with Gasteiger partial charge in [-0.3, -0.25) is 0 Å². The van der Waals surface area contributed by atoms with Gasteiger partial charge < -0.3 is 15.4 Å². The van der Waals surface area contributed by atoms with E-state index in [0.717, 1.165) is 36.9 Å². The van der Waals surface area contributed by atoms with E-state index in [0.29, 0.717) is 5.56 Å². The summed E-state index contributed by atoms with van der Waals surface area (Å²) in [6.07, 6.45) is 6.93. The maximum absolute atomic E-state index is 12.2. The van der Waals surface area contributed by atoms with Gasteiger partial charge in [0.1, 0.15) is 11.7 Å². The maximum Gasteiger partial charge on any atom is 0.407 e. The van der Waals surface area contributed by atoms with Gasteiger partial charge in [-0.05, 0) is 45.7 Å². The van der Waals surface area contributed by atoms with Gasteiger partial charge in [-0.2, -0.15) is 10.4 Å². The van der Waals surface area contributed by atoms with Crippen molar-refractivity contribution in [3.63, 3.8) is 0 Å². The van der Waals surface area contributed by atoms with E-state index in [2.05, 4.69) is 21.8 Å².